The lowest BCUT2D eigenvalue weighted by Crippen LogP contribution is -2.39. The molecule has 0 aromatic carbocycles. The predicted octanol–water partition coefficient (Wildman–Crippen LogP) is 5.43. The molecule has 4 atom stereocenters. The predicted molar refractivity (Wildman–Crippen MR) is 124 cm³/mol. The fourth-order valence-corrected chi connectivity index (χ4v) is 3.88. The van der Waals surface area contributed by atoms with Crippen LogP contribution in [0, 0.1) is 5.92 Å². The van der Waals surface area contributed by atoms with Crippen LogP contribution in [-0.2, 0) is 20.7 Å². The van der Waals surface area contributed by atoms with Gasteiger partial charge in [-0.05, 0) is 70.4 Å². The molecule has 2 rings (SSSR count). The number of carbonyl (C=O) groups excluding carboxylic acids is 1. The molecule has 1 aromatic heterocycles. The fourth-order valence-electron chi connectivity index (χ4n) is 3.88. The van der Waals surface area contributed by atoms with Crippen molar-refractivity contribution in [2.45, 2.75) is 84.0 Å². The first-order chi connectivity index (χ1) is 15.1. The molecule has 0 amide bonds. The van der Waals surface area contributed by atoms with Crippen LogP contribution in [0.25, 0.3) is 0 Å². The number of aryl methyl sites for hydroxylation is 1. The number of allylic oxidation sites excluding steroid dienone is 2. The lowest BCUT2D eigenvalue weighted by atomic mass is 9.90. The molecule has 2 unspecified atom stereocenters. The van der Waals surface area contributed by atoms with Crippen LogP contribution in [0.5, 0.6) is 0 Å². The Morgan fingerprint density at radius 3 is 2.72 bits per heavy atom. The maximum atomic E-state index is 11.5. The van der Waals surface area contributed by atoms with Gasteiger partial charge in [0.25, 0.3) is 0 Å². The van der Waals surface area contributed by atoms with Gasteiger partial charge in [0.1, 0.15) is 11.9 Å². The van der Waals surface area contributed by atoms with E-state index >= 15 is 0 Å². The molecule has 32 heavy (non-hydrogen) atoms. The number of methoxy groups -OCH3 is 1. The van der Waals surface area contributed by atoms with Crippen molar-refractivity contribution >= 4 is 5.97 Å². The van der Waals surface area contributed by atoms with Crippen molar-refractivity contribution in [1.82, 2.24) is 0 Å². The molecule has 0 radical (unpaired) electrons. The van der Waals surface area contributed by atoms with Crippen LogP contribution in [0.4, 0.5) is 0 Å². The second-order valence-electron chi connectivity index (χ2n) is 9.10. The third-order valence-corrected chi connectivity index (χ3v) is 6.08. The zero-order valence-electron chi connectivity index (χ0n) is 20.0. The Hall–Kier alpha value is -2.31. The minimum atomic E-state index is -0.947. The molecule has 0 saturated carbocycles. The summed E-state index contributed by atoms with van der Waals surface area (Å²) in [6, 6.07) is 1.95. The lowest BCUT2D eigenvalue weighted by Gasteiger charge is -2.30. The number of rotatable bonds is 13. The summed E-state index contributed by atoms with van der Waals surface area (Å²) < 4.78 is 15.8. The van der Waals surface area contributed by atoms with Crippen molar-refractivity contribution in [2.75, 3.05) is 7.11 Å². The van der Waals surface area contributed by atoms with Crippen molar-refractivity contribution in [3.8, 4) is 0 Å². The van der Waals surface area contributed by atoms with E-state index < -0.39 is 17.7 Å². The Balaban J connectivity index is 1.77. The number of cyclic esters (lactones) is 1. The molecule has 1 aromatic rings. The smallest absolute Gasteiger partial charge is 0.338 e. The average molecular weight is 447 g/mol. The zero-order valence-corrected chi connectivity index (χ0v) is 20.0. The molecule has 6 nitrogen and oxygen atoms in total. The molecule has 0 bridgehead atoms. The van der Waals surface area contributed by atoms with E-state index in [-0.39, 0.29) is 11.9 Å². The number of esters is 1. The van der Waals surface area contributed by atoms with E-state index in [0.29, 0.717) is 24.3 Å². The van der Waals surface area contributed by atoms with E-state index in [2.05, 4.69) is 19.1 Å². The minimum absolute atomic E-state index is 0.0430. The lowest BCUT2D eigenvalue weighted by molar-refractivity contribution is -0.140. The van der Waals surface area contributed by atoms with Crippen LogP contribution < -0.4 is 0 Å². The summed E-state index contributed by atoms with van der Waals surface area (Å²) in [5.74, 6) is -0.0797. The fraction of sp³-hybridized carbons (Fsp3) is 0.577. The number of hydrogen-bond donors (Lipinski definition) is 2. The number of carbonyl (C=O) groups is 1. The van der Waals surface area contributed by atoms with Gasteiger partial charge in [-0.1, -0.05) is 30.7 Å². The molecule has 2 N–H and O–H groups in total. The summed E-state index contributed by atoms with van der Waals surface area (Å²) in [5.41, 5.74) is 1.56. The number of aliphatic hydroxyl groups excluding tert-OH is 1. The molecule has 0 spiro atoms. The van der Waals surface area contributed by atoms with Crippen LogP contribution in [0.1, 0.15) is 65.4 Å². The summed E-state index contributed by atoms with van der Waals surface area (Å²) in [4.78, 5) is 11.5. The van der Waals surface area contributed by atoms with Gasteiger partial charge >= 0.3 is 5.97 Å². The SMILES string of the molecule is COC(/C=C/[C@@H](C)CC/C=C(/C)C[C@H]1OC(=O)C(C)=C1O)C(C)(O)CCCc1ccoc1. The zero-order chi connectivity index (χ0) is 23.7. The van der Waals surface area contributed by atoms with E-state index in [1.54, 1.807) is 26.6 Å². The van der Waals surface area contributed by atoms with E-state index in [0.717, 1.165) is 36.8 Å². The van der Waals surface area contributed by atoms with Gasteiger partial charge in [-0.2, -0.15) is 0 Å². The van der Waals surface area contributed by atoms with Gasteiger partial charge in [0.2, 0.25) is 0 Å². The highest BCUT2D eigenvalue weighted by Gasteiger charge is 2.31. The highest BCUT2D eigenvalue weighted by Crippen LogP contribution is 2.26. The van der Waals surface area contributed by atoms with Crippen molar-refractivity contribution in [1.29, 1.82) is 0 Å². The Kier molecular flexibility index (Phi) is 9.79. The van der Waals surface area contributed by atoms with E-state index in [9.17, 15) is 15.0 Å². The third-order valence-electron chi connectivity index (χ3n) is 6.08. The largest absolute Gasteiger partial charge is 0.508 e. The first-order valence-corrected chi connectivity index (χ1v) is 11.3. The second kappa shape index (κ2) is 12.1. The van der Waals surface area contributed by atoms with Gasteiger partial charge in [0.05, 0.1) is 23.7 Å². The Labute approximate surface area is 191 Å². The molecule has 178 valence electrons. The first-order valence-electron chi connectivity index (χ1n) is 11.3. The molecule has 1 aliphatic heterocycles. The van der Waals surface area contributed by atoms with Crippen LogP contribution in [0.3, 0.4) is 0 Å². The van der Waals surface area contributed by atoms with Gasteiger partial charge in [0.15, 0.2) is 6.10 Å². The summed E-state index contributed by atoms with van der Waals surface area (Å²) in [7, 11) is 1.62. The van der Waals surface area contributed by atoms with Crippen molar-refractivity contribution in [3.05, 3.63) is 59.3 Å². The van der Waals surface area contributed by atoms with Crippen molar-refractivity contribution in [2.24, 2.45) is 5.92 Å². The first kappa shape index (κ1) is 25.9. The third kappa shape index (κ3) is 7.68. The van der Waals surface area contributed by atoms with Crippen LogP contribution in [0.15, 0.2) is 58.1 Å². The van der Waals surface area contributed by atoms with Crippen LogP contribution >= 0.6 is 0 Å². The maximum absolute atomic E-state index is 11.5. The summed E-state index contributed by atoms with van der Waals surface area (Å²) in [5, 5.41) is 20.9. The summed E-state index contributed by atoms with van der Waals surface area (Å²) in [6.45, 7) is 7.52. The molecular formula is C26H38O6. The van der Waals surface area contributed by atoms with Crippen molar-refractivity contribution in [3.63, 3.8) is 0 Å². The number of aliphatic hydroxyl groups is 2. The van der Waals surface area contributed by atoms with Crippen LogP contribution in [0.2, 0.25) is 0 Å². The normalized spacial score (nSPS) is 21.1. The molecular weight excluding hydrogens is 408 g/mol. The molecule has 0 aliphatic carbocycles. The molecule has 0 saturated heterocycles. The number of furan rings is 1. The highest BCUT2D eigenvalue weighted by atomic mass is 16.6. The molecule has 2 heterocycles. The Morgan fingerprint density at radius 1 is 1.38 bits per heavy atom. The van der Waals surface area contributed by atoms with Gasteiger partial charge in [-0.25, -0.2) is 4.79 Å². The monoisotopic (exact) mass is 446 g/mol. The minimum Gasteiger partial charge on any atom is -0.508 e. The maximum Gasteiger partial charge on any atom is 0.338 e. The Morgan fingerprint density at radius 2 is 2.12 bits per heavy atom. The molecule has 0 fully saturated rings. The van der Waals surface area contributed by atoms with Gasteiger partial charge in [0, 0.05) is 13.5 Å². The van der Waals surface area contributed by atoms with E-state index in [1.165, 1.54) is 0 Å². The average Bonchev–Trinajstić information content (AvgIpc) is 3.33. The summed E-state index contributed by atoms with van der Waals surface area (Å²) >= 11 is 0. The number of ether oxygens (including phenoxy) is 2. The number of hydrogen-bond acceptors (Lipinski definition) is 6. The quantitative estimate of drug-likeness (QED) is 0.310. The molecule has 6 heteroatoms. The highest BCUT2D eigenvalue weighted by molar-refractivity contribution is 5.91. The standard InChI is InChI=1S/C26H38O6/c1-18(8-6-9-19(2)16-22-24(27)20(3)25(28)32-22)11-12-23(30-5)26(4,29)14-7-10-21-13-15-31-17-21/h9,11-13,15,17-18,22-23,27,29H,6-8,10,14,16H2,1-5H3/b12-11+,19-9-/t18-,22+,23?,26?/m0/s1. The van der Waals surface area contributed by atoms with Crippen LogP contribution in [-0.4, -0.2) is 41.1 Å². The topological polar surface area (TPSA) is 89.1 Å². The van der Waals surface area contributed by atoms with E-state index in [4.69, 9.17) is 13.9 Å². The molecule has 1 aliphatic rings. The van der Waals surface area contributed by atoms with E-state index in [1.807, 2.05) is 26.0 Å². The van der Waals surface area contributed by atoms with Crippen molar-refractivity contribution < 1.29 is 28.9 Å². The van der Waals surface area contributed by atoms with Gasteiger partial charge in [-0.3, -0.25) is 0 Å². The van der Waals surface area contributed by atoms with Gasteiger partial charge in [-0.15, -0.1) is 0 Å². The summed E-state index contributed by atoms with van der Waals surface area (Å²) in [6.07, 6.45) is 13.3. The Bertz CT molecular complexity index is 815. The second-order valence-corrected chi connectivity index (χ2v) is 9.10. The van der Waals surface area contributed by atoms with Gasteiger partial charge < -0.3 is 24.1 Å².